The van der Waals surface area contributed by atoms with Crippen LogP contribution >= 0.6 is 0 Å². The normalized spacial score (nSPS) is 15.0. The number of pyridine rings is 1. The minimum Gasteiger partial charge on any atom is -0.423 e. The van der Waals surface area contributed by atoms with Gasteiger partial charge in [0, 0.05) is 56.6 Å². The molecule has 1 aliphatic carbocycles. The van der Waals surface area contributed by atoms with E-state index in [1.54, 1.807) is 19.3 Å². The van der Waals surface area contributed by atoms with Crippen molar-refractivity contribution in [3.8, 4) is 22.9 Å². The number of halogens is 1. The topological polar surface area (TPSA) is 75.2 Å². The second-order valence-electron chi connectivity index (χ2n) is 7.53. The molecule has 1 aromatic carbocycles. The van der Waals surface area contributed by atoms with Crippen LogP contribution in [0.2, 0.25) is 0 Å². The summed E-state index contributed by atoms with van der Waals surface area (Å²) >= 11 is 0. The molecule has 0 bridgehead atoms. The molecule has 7 nitrogen and oxygen atoms in total. The molecule has 0 saturated carbocycles. The van der Waals surface area contributed by atoms with Gasteiger partial charge >= 0.3 is 6.01 Å². The highest BCUT2D eigenvalue weighted by Crippen LogP contribution is 2.45. The summed E-state index contributed by atoms with van der Waals surface area (Å²) in [5, 5.41) is 6.47. The Morgan fingerprint density at radius 3 is 2.73 bits per heavy atom. The van der Waals surface area contributed by atoms with Gasteiger partial charge in [-0.25, -0.2) is 4.39 Å². The van der Waals surface area contributed by atoms with E-state index in [2.05, 4.69) is 20.5 Å². The quantitative estimate of drug-likeness (QED) is 0.539. The van der Waals surface area contributed by atoms with E-state index in [1.165, 1.54) is 6.07 Å². The molecule has 0 spiro atoms. The lowest BCUT2D eigenvalue weighted by molar-refractivity contribution is 0.437. The second kappa shape index (κ2) is 7.53. The van der Waals surface area contributed by atoms with E-state index < -0.39 is 0 Å². The molecule has 2 N–H and O–H groups in total. The van der Waals surface area contributed by atoms with Crippen LogP contribution in [-0.2, 0) is 6.42 Å². The number of nitrogens with one attached hydrogen (secondary N) is 2. The first-order valence-electron chi connectivity index (χ1n) is 10.1. The van der Waals surface area contributed by atoms with Crippen LogP contribution in [0.4, 0.5) is 15.9 Å². The van der Waals surface area contributed by atoms with Crippen LogP contribution in [0.1, 0.15) is 17.0 Å². The third-order valence-electron chi connectivity index (χ3n) is 5.55. The molecule has 2 aliphatic rings. The van der Waals surface area contributed by atoms with Gasteiger partial charge < -0.3 is 20.3 Å². The molecular weight excluding hydrogens is 383 g/mol. The molecule has 1 aliphatic heterocycles. The third kappa shape index (κ3) is 3.33. The number of rotatable bonds is 4. The summed E-state index contributed by atoms with van der Waals surface area (Å²) in [7, 11) is 1.81. The van der Waals surface area contributed by atoms with Crippen LogP contribution < -0.4 is 20.3 Å². The lowest BCUT2D eigenvalue weighted by Gasteiger charge is -2.30. The Morgan fingerprint density at radius 1 is 1.17 bits per heavy atom. The average Bonchev–Trinajstić information content (AvgIpc) is 3.13. The molecule has 8 heteroatoms. The SMILES string of the molecule is CNc1cc(F)cc2c1Cc1nc(Oc3ccc(C)nc3)nc(N3CCNCC3)c1-2. The van der Waals surface area contributed by atoms with Gasteiger partial charge in [-0.1, -0.05) is 0 Å². The number of aromatic nitrogens is 3. The molecule has 0 amide bonds. The van der Waals surface area contributed by atoms with Gasteiger partial charge in [-0.3, -0.25) is 4.98 Å². The fraction of sp³-hybridized carbons (Fsp3) is 0.318. The Kier molecular flexibility index (Phi) is 4.71. The van der Waals surface area contributed by atoms with Gasteiger partial charge in [0.15, 0.2) is 0 Å². The molecule has 1 fully saturated rings. The molecule has 3 heterocycles. The van der Waals surface area contributed by atoms with Crippen molar-refractivity contribution >= 4 is 11.5 Å². The van der Waals surface area contributed by atoms with E-state index in [0.29, 0.717) is 12.2 Å². The number of benzene rings is 1. The number of aryl methyl sites for hydroxylation is 1. The largest absolute Gasteiger partial charge is 0.423 e. The van der Waals surface area contributed by atoms with Crippen LogP contribution in [0.15, 0.2) is 30.5 Å². The minimum atomic E-state index is -0.275. The van der Waals surface area contributed by atoms with Crippen LogP contribution in [0.3, 0.4) is 0 Å². The number of hydrogen-bond acceptors (Lipinski definition) is 7. The lowest BCUT2D eigenvalue weighted by atomic mass is 10.0. The summed E-state index contributed by atoms with van der Waals surface area (Å²) in [5.74, 6) is 1.11. The molecule has 1 saturated heterocycles. The van der Waals surface area contributed by atoms with Crippen LogP contribution in [0.25, 0.3) is 11.1 Å². The Morgan fingerprint density at radius 2 is 2.00 bits per heavy atom. The zero-order valence-electron chi connectivity index (χ0n) is 17.0. The number of hydrogen-bond donors (Lipinski definition) is 2. The molecule has 2 aromatic heterocycles. The second-order valence-corrected chi connectivity index (χ2v) is 7.53. The van der Waals surface area contributed by atoms with E-state index in [9.17, 15) is 4.39 Å². The summed E-state index contributed by atoms with van der Waals surface area (Å²) in [6, 6.07) is 7.14. The highest BCUT2D eigenvalue weighted by atomic mass is 19.1. The fourth-order valence-electron chi connectivity index (χ4n) is 4.09. The zero-order valence-corrected chi connectivity index (χ0v) is 17.0. The average molecular weight is 406 g/mol. The molecule has 154 valence electrons. The first kappa shape index (κ1) is 18.7. The van der Waals surface area contributed by atoms with Crippen molar-refractivity contribution in [3.63, 3.8) is 0 Å². The maximum Gasteiger partial charge on any atom is 0.324 e. The van der Waals surface area contributed by atoms with Crippen LogP contribution in [0, 0.1) is 12.7 Å². The lowest BCUT2D eigenvalue weighted by Crippen LogP contribution is -2.44. The van der Waals surface area contributed by atoms with Crippen molar-refractivity contribution in [1.29, 1.82) is 0 Å². The van der Waals surface area contributed by atoms with E-state index in [-0.39, 0.29) is 11.8 Å². The van der Waals surface area contributed by atoms with Crippen molar-refractivity contribution in [2.75, 3.05) is 43.4 Å². The fourth-order valence-corrected chi connectivity index (χ4v) is 4.09. The number of piperazine rings is 1. The minimum absolute atomic E-state index is 0.275. The molecule has 3 aromatic rings. The van der Waals surface area contributed by atoms with Gasteiger partial charge in [0.1, 0.15) is 17.4 Å². The monoisotopic (exact) mass is 406 g/mol. The predicted octanol–water partition coefficient (Wildman–Crippen LogP) is 3.13. The van der Waals surface area contributed by atoms with Crippen molar-refractivity contribution < 1.29 is 9.13 Å². The summed E-state index contributed by atoms with van der Waals surface area (Å²) < 4.78 is 20.3. The summed E-state index contributed by atoms with van der Waals surface area (Å²) in [4.78, 5) is 16.0. The Balaban J connectivity index is 1.62. The molecule has 0 atom stereocenters. The van der Waals surface area contributed by atoms with E-state index >= 15 is 0 Å². The highest BCUT2D eigenvalue weighted by molar-refractivity contribution is 5.88. The summed E-state index contributed by atoms with van der Waals surface area (Å²) in [5.41, 5.74) is 5.33. The summed E-state index contributed by atoms with van der Waals surface area (Å²) in [6.07, 6.45) is 2.27. The smallest absolute Gasteiger partial charge is 0.324 e. The van der Waals surface area contributed by atoms with Gasteiger partial charge in [-0.2, -0.15) is 9.97 Å². The zero-order chi connectivity index (χ0) is 20.7. The van der Waals surface area contributed by atoms with Gasteiger partial charge in [0.05, 0.1) is 11.9 Å². The Bertz CT molecular complexity index is 1100. The molecule has 0 unspecified atom stereocenters. The van der Waals surface area contributed by atoms with Crippen molar-refractivity contribution in [2.45, 2.75) is 13.3 Å². The third-order valence-corrected chi connectivity index (χ3v) is 5.55. The number of fused-ring (bicyclic) bond motifs is 3. The first-order chi connectivity index (χ1) is 14.6. The first-order valence-corrected chi connectivity index (χ1v) is 10.1. The van der Waals surface area contributed by atoms with Gasteiger partial charge in [-0.15, -0.1) is 0 Å². The maximum absolute atomic E-state index is 14.3. The van der Waals surface area contributed by atoms with E-state index in [4.69, 9.17) is 14.7 Å². The number of nitrogens with zero attached hydrogens (tertiary/aromatic N) is 4. The van der Waals surface area contributed by atoms with Crippen molar-refractivity contribution in [1.82, 2.24) is 20.3 Å². The highest BCUT2D eigenvalue weighted by Gasteiger charge is 2.31. The molecule has 30 heavy (non-hydrogen) atoms. The Labute approximate surface area is 174 Å². The maximum atomic E-state index is 14.3. The van der Waals surface area contributed by atoms with Gasteiger partial charge in [0.2, 0.25) is 0 Å². The van der Waals surface area contributed by atoms with E-state index in [0.717, 1.165) is 65.8 Å². The standard InChI is InChI=1S/C22H23FN6O/c1-13-3-4-15(12-26-13)30-22-27-19-11-16-17(9-14(23)10-18(16)24-2)20(19)21(28-22)29-7-5-25-6-8-29/h3-4,9-10,12,24-25H,5-8,11H2,1-2H3. The molecule has 5 rings (SSSR count). The summed E-state index contributed by atoms with van der Waals surface area (Å²) in [6.45, 7) is 5.30. The molecule has 0 radical (unpaired) electrons. The van der Waals surface area contributed by atoms with E-state index in [1.807, 2.05) is 19.1 Å². The Hall–Kier alpha value is -3.26. The predicted molar refractivity (Wildman–Crippen MR) is 114 cm³/mol. The number of ether oxygens (including phenoxy) is 1. The van der Waals surface area contributed by atoms with Crippen LogP contribution in [0.5, 0.6) is 11.8 Å². The van der Waals surface area contributed by atoms with Gasteiger partial charge in [0.25, 0.3) is 0 Å². The van der Waals surface area contributed by atoms with Gasteiger partial charge in [-0.05, 0) is 42.3 Å². The molecular formula is C22H23FN6O. The number of anilines is 2. The van der Waals surface area contributed by atoms with Crippen molar-refractivity contribution in [3.05, 3.63) is 53.2 Å². The van der Waals surface area contributed by atoms with Crippen molar-refractivity contribution in [2.24, 2.45) is 0 Å². The van der Waals surface area contributed by atoms with Crippen LogP contribution in [-0.4, -0.2) is 48.2 Å².